The molecule has 10 nitrogen and oxygen atoms in total. The van der Waals surface area contributed by atoms with Crippen LogP contribution in [0, 0.1) is 25.7 Å². The molecule has 0 unspecified atom stereocenters. The van der Waals surface area contributed by atoms with Crippen LogP contribution < -0.4 is 16.0 Å². The van der Waals surface area contributed by atoms with Gasteiger partial charge in [0.1, 0.15) is 0 Å². The Bertz CT molecular complexity index is 1690. The van der Waals surface area contributed by atoms with Crippen molar-refractivity contribution in [1.29, 1.82) is 0 Å². The van der Waals surface area contributed by atoms with Crippen LogP contribution in [0.1, 0.15) is 87.0 Å². The van der Waals surface area contributed by atoms with Crippen LogP contribution in [-0.2, 0) is 47.9 Å². The first-order valence-corrected chi connectivity index (χ1v) is 15.8. The number of nitrogens with one attached hydrogen (secondary N) is 3. The first-order chi connectivity index (χ1) is 21.4. The molecule has 2 aliphatic heterocycles. The zero-order valence-corrected chi connectivity index (χ0v) is 27.7. The standard InChI is InChI=1S/C35H46N4O6/c1-9-22-21(6)34(42)39-29(22)16-27-20(5)25(12-14-33(41)45-8)31(37-27)17-30-24(11-13-32(40)44-7)19(4)26(36-30)15-28-18(3)23(10-2)35(43)38-28/h16-18,23,28,36-37H,9-15H2,1-8H3,(H,38,43)/t18-,23-,28-/m1/s1. The largest absolute Gasteiger partial charge is 0.469 e. The van der Waals surface area contributed by atoms with E-state index in [0.717, 1.165) is 56.3 Å². The second kappa shape index (κ2) is 14.3. The molecule has 1 fully saturated rings. The molecule has 0 radical (unpaired) electrons. The molecule has 1 saturated heterocycles. The number of carbonyl (C=O) groups is 4. The molecule has 0 bridgehead atoms. The van der Waals surface area contributed by atoms with Gasteiger partial charge in [-0.3, -0.25) is 19.2 Å². The average Bonchev–Trinajstić information content (AvgIpc) is 3.66. The minimum absolute atomic E-state index is 0.00403. The van der Waals surface area contributed by atoms with E-state index in [9.17, 15) is 19.2 Å². The number of methoxy groups -OCH3 is 2. The second-order valence-electron chi connectivity index (χ2n) is 12.1. The molecule has 4 rings (SSSR count). The van der Waals surface area contributed by atoms with Crippen molar-refractivity contribution in [2.24, 2.45) is 16.8 Å². The number of H-pyrrole nitrogens is 2. The van der Waals surface area contributed by atoms with Gasteiger partial charge in [0.05, 0.1) is 19.9 Å². The number of ether oxygens (including phenoxy) is 2. The molecule has 3 N–H and O–H groups in total. The number of rotatable bonds is 12. The number of esters is 2. The minimum Gasteiger partial charge on any atom is -0.469 e. The predicted octanol–water partition coefficient (Wildman–Crippen LogP) is 3.19. The molecular weight excluding hydrogens is 572 g/mol. The van der Waals surface area contributed by atoms with Gasteiger partial charge in [0.2, 0.25) is 5.91 Å². The fraction of sp³-hybridized carbons (Fsp3) is 0.514. The van der Waals surface area contributed by atoms with Crippen molar-refractivity contribution >= 4 is 41.6 Å². The van der Waals surface area contributed by atoms with Gasteiger partial charge in [0.15, 0.2) is 0 Å². The van der Waals surface area contributed by atoms with Crippen molar-refractivity contribution in [2.45, 2.75) is 92.5 Å². The van der Waals surface area contributed by atoms with E-state index < -0.39 is 0 Å². The van der Waals surface area contributed by atoms with E-state index in [-0.39, 0.29) is 54.5 Å². The molecule has 0 spiro atoms. The van der Waals surface area contributed by atoms with Gasteiger partial charge in [-0.2, -0.15) is 0 Å². The Morgan fingerprint density at radius 3 is 2.11 bits per heavy atom. The Kier molecular flexibility index (Phi) is 10.7. The molecule has 2 aromatic rings. The minimum atomic E-state index is -0.306. The van der Waals surface area contributed by atoms with Crippen molar-refractivity contribution in [3.63, 3.8) is 0 Å². The number of hydrogen-bond donors (Lipinski definition) is 3. The first-order valence-electron chi connectivity index (χ1n) is 15.8. The maximum absolute atomic E-state index is 12.6. The summed E-state index contributed by atoms with van der Waals surface area (Å²) in [5.41, 5.74) is 8.02. The Balaban J connectivity index is 1.84. The molecule has 2 aliphatic rings. The van der Waals surface area contributed by atoms with Crippen molar-refractivity contribution in [3.8, 4) is 0 Å². The number of hydrogen-bond acceptors (Lipinski definition) is 6. The third kappa shape index (κ3) is 7.05. The predicted molar refractivity (Wildman–Crippen MR) is 173 cm³/mol. The van der Waals surface area contributed by atoms with Crippen LogP contribution in [-0.4, -0.2) is 59.7 Å². The molecule has 242 valence electrons. The summed E-state index contributed by atoms with van der Waals surface area (Å²) in [5.74, 6) is -0.527. The van der Waals surface area contributed by atoms with Crippen LogP contribution in [0.3, 0.4) is 0 Å². The lowest BCUT2D eigenvalue weighted by Crippen LogP contribution is -2.30. The molecule has 4 heterocycles. The summed E-state index contributed by atoms with van der Waals surface area (Å²) in [5, 5.41) is 4.80. The number of aliphatic imine (C=N–C) groups is 1. The third-order valence-electron chi connectivity index (χ3n) is 9.61. The molecule has 45 heavy (non-hydrogen) atoms. The van der Waals surface area contributed by atoms with Crippen molar-refractivity contribution in [3.05, 3.63) is 55.5 Å². The summed E-state index contributed by atoms with van der Waals surface area (Å²) in [6.07, 6.45) is 7.41. The van der Waals surface area contributed by atoms with E-state index >= 15 is 0 Å². The number of carbonyl (C=O) groups excluding carboxylic acids is 4. The Morgan fingerprint density at radius 2 is 1.53 bits per heavy atom. The fourth-order valence-corrected chi connectivity index (χ4v) is 6.68. The molecule has 0 saturated carbocycles. The summed E-state index contributed by atoms with van der Waals surface area (Å²) in [6, 6.07) is 0.00447. The topological polar surface area (TPSA) is 143 Å². The van der Waals surface area contributed by atoms with E-state index in [0.29, 0.717) is 37.0 Å². The SMILES string of the molecule is CCC1=C(C)C(=O)N=C1C=c1[nH]c(=Cc2[nH]c(C[C@H]3NC(=O)[C@H](CC)[C@H]3C)c(C)c2CCC(=O)OC)c(CCC(=O)OC)c1C. The highest BCUT2D eigenvalue weighted by molar-refractivity contribution is 6.30. The van der Waals surface area contributed by atoms with Crippen LogP contribution in [0.4, 0.5) is 0 Å². The number of aromatic nitrogens is 2. The molecule has 3 atom stereocenters. The van der Waals surface area contributed by atoms with Crippen molar-refractivity contribution in [1.82, 2.24) is 15.3 Å². The highest BCUT2D eigenvalue weighted by Gasteiger charge is 2.38. The van der Waals surface area contributed by atoms with Crippen LogP contribution in [0.5, 0.6) is 0 Å². The Labute approximate surface area is 264 Å². The number of allylic oxidation sites excluding steroid dienone is 1. The fourth-order valence-electron chi connectivity index (χ4n) is 6.68. The van der Waals surface area contributed by atoms with Crippen molar-refractivity contribution < 1.29 is 28.7 Å². The van der Waals surface area contributed by atoms with Gasteiger partial charge in [-0.15, -0.1) is 0 Å². The van der Waals surface area contributed by atoms with E-state index in [1.54, 1.807) is 6.92 Å². The summed E-state index contributed by atoms with van der Waals surface area (Å²) in [6.45, 7) is 12.0. The van der Waals surface area contributed by atoms with E-state index in [1.165, 1.54) is 14.2 Å². The highest BCUT2D eigenvalue weighted by Crippen LogP contribution is 2.30. The maximum atomic E-state index is 12.6. The monoisotopic (exact) mass is 618 g/mol. The lowest BCUT2D eigenvalue weighted by Gasteiger charge is -2.17. The summed E-state index contributed by atoms with van der Waals surface area (Å²) >= 11 is 0. The zero-order valence-electron chi connectivity index (χ0n) is 27.7. The number of aromatic amines is 2. The van der Waals surface area contributed by atoms with Crippen LogP contribution in [0.25, 0.3) is 12.2 Å². The van der Waals surface area contributed by atoms with Crippen LogP contribution >= 0.6 is 0 Å². The third-order valence-corrected chi connectivity index (χ3v) is 9.61. The smallest absolute Gasteiger partial charge is 0.305 e. The van der Waals surface area contributed by atoms with Gasteiger partial charge in [-0.05, 0) is 92.4 Å². The summed E-state index contributed by atoms with van der Waals surface area (Å²) in [7, 11) is 2.76. The van der Waals surface area contributed by atoms with Gasteiger partial charge in [0, 0.05) is 58.9 Å². The summed E-state index contributed by atoms with van der Waals surface area (Å²) in [4.78, 5) is 60.7. The molecular formula is C35H46N4O6. The van der Waals surface area contributed by atoms with E-state index in [1.807, 2.05) is 39.8 Å². The second-order valence-corrected chi connectivity index (χ2v) is 12.1. The molecule has 2 aromatic heterocycles. The normalized spacial score (nSPS) is 20.7. The van der Waals surface area contributed by atoms with Gasteiger partial charge in [-0.25, -0.2) is 4.99 Å². The maximum Gasteiger partial charge on any atom is 0.305 e. The molecule has 2 amide bonds. The van der Waals surface area contributed by atoms with Gasteiger partial charge >= 0.3 is 11.9 Å². The average molecular weight is 619 g/mol. The first kappa shape index (κ1) is 33.7. The van der Waals surface area contributed by atoms with Gasteiger partial charge in [-0.1, -0.05) is 20.8 Å². The van der Waals surface area contributed by atoms with Crippen LogP contribution in [0.15, 0.2) is 16.1 Å². The zero-order chi connectivity index (χ0) is 33.0. The number of amides is 2. The Hall–Kier alpha value is -4.21. The quantitative estimate of drug-likeness (QED) is 0.312. The molecule has 0 aromatic carbocycles. The number of nitrogens with zero attached hydrogens (tertiary/aromatic N) is 1. The van der Waals surface area contributed by atoms with E-state index in [2.05, 4.69) is 27.2 Å². The summed E-state index contributed by atoms with van der Waals surface area (Å²) < 4.78 is 9.86. The van der Waals surface area contributed by atoms with Gasteiger partial charge in [0.25, 0.3) is 5.91 Å². The Morgan fingerprint density at radius 1 is 0.889 bits per heavy atom. The molecule has 0 aliphatic carbocycles. The highest BCUT2D eigenvalue weighted by atomic mass is 16.5. The van der Waals surface area contributed by atoms with Gasteiger partial charge < -0.3 is 24.8 Å². The van der Waals surface area contributed by atoms with E-state index in [4.69, 9.17) is 9.47 Å². The van der Waals surface area contributed by atoms with Crippen LogP contribution in [0.2, 0.25) is 0 Å². The lowest BCUT2D eigenvalue weighted by atomic mass is 9.88. The van der Waals surface area contributed by atoms with Crippen molar-refractivity contribution in [2.75, 3.05) is 14.2 Å². The molecule has 10 heteroatoms. The lowest BCUT2D eigenvalue weighted by molar-refractivity contribution is -0.141.